The molecule has 0 heterocycles. The van der Waals surface area contributed by atoms with E-state index in [1.54, 1.807) is 0 Å². The number of rotatable bonds is 5. The fourth-order valence-corrected chi connectivity index (χ4v) is 2.41. The molecule has 14 heavy (non-hydrogen) atoms. The largest absolute Gasteiger partial charge is 0.259 e. The van der Waals surface area contributed by atoms with E-state index in [0.717, 1.165) is 23.3 Å². The molecule has 0 aliphatic carbocycles. The Morgan fingerprint density at radius 3 is 2.57 bits per heavy atom. The molecule has 0 amide bonds. The Hall–Kier alpha value is -0.890. The molecular weight excluding hydrogens is 192 g/mol. The molecule has 1 aromatic rings. The standard InChI is InChI=1S/C12H16OS/c1-11(2)8-9-14(13)10-12-6-4-3-5-7-12/h3-7H,1,8-10H2,2H3. The van der Waals surface area contributed by atoms with Gasteiger partial charge in [0.15, 0.2) is 0 Å². The molecule has 0 aromatic heterocycles. The third-order valence-electron chi connectivity index (χ3n) is 1.93. The molecule has 1 rings (SSSR count). The third-order valence-corrected chi connectivity index (χ3v) is 3.24. The Kier molecular flexibility index (Phi) is 4.60. The van der Waals surface area contributed by atoms with Crippen LogP contribution in [0.4, 0.5) is 0 Å². The van der Waals surface area contributed by atoms with Crippen molar-refractivity contribution in [3.05, 3.63) is 48.0 Å². The van der Waals surface area contributed by atoms with Gasteiger partial charge in [-0.2, -0.15) is 0 Å². The van der Waals surface area contributed by atoms with E-state index in [9.17, 15) is 4.21 Å². The van der Waals surface area contributed by atoms with Gasteiger partial charge in [-0.15, -0.1) is 6.58 Å². The molecule has 76 valence electrons. The van der Waals surface area contributed by atoms with Crippen molar-refractivity contribution >= 4 is 10.8 Å². The summed E-state index contributed by atoms with van der Waals surface area (Å²) in [7, 11) is -0.752. The van der Waals surface area contributed by atoms with Crippen LogP contribution in [-0.2, 0) is 16.6 Å². The van der Waals surface area contributed by atoms with Gasteiger partial charge in [-0.3, -0.25) is 4.21 Å². The van der Waals surface area contributed by atoms with E-state index >= 15 is 0 Å². The van der Waals surface area contributed by atoms with Crippen molar-refractivity contribution < 1.29 is 4.21 Å². The van der Waals surface area contributed by atoms with Crippen molar-refractivity contribution in [1.29, 1.82) is 0 Å². The first-order valence-corrected chi connectivity index (χ1v) is 6.20. The van der Waals surface area contributed by atoms with Crippen LogP contribution in [0.2, 0.25) is 0 Å². The first-order chi connectivity index (χ1) is 6.68. The molecule has 1 unspecified atom stereocenters. The van der Waals surface area contributed by atoms with Gasteiger partial charge in [0, 0.05) is 22.3 Å². The second-order valence-corrected chi connectivity index (χ2v) is 5.06. The molecule has 1 atom stereocenters. The van der Waals surface area contributed by atoms with Crippen molar-refractivity contribution in [1.82, 2.24) is 0 Å². The molecule has 0 saturated heterocycles. The minimum absolute atomic E-state index is 0.661. The zero-order valence-electron chi connectivity index (χ0n) is 8.53. The van der Waals surface area contributed by atoms with E-state index in [1.807, 2.05) is 37.3 Å². The topological polar surface area (TPSA) is 17.1 Å². The second-order valence-electron chi connectivity index (χ2n) is 3.48. The molecule has 0 saturated carbocycles. The van der Waals surface area contributed by atoms with Gasteiger partial charge in [0.25, 0.3) is 0 Å². The fourth-order valence-electron chi connectivity index (χ4n) is 1.12. The number of hydrogen-bond donors (Lipinski definition) is 0. The van der Waals surface area contributed by atoms with Gasteiger partial charge in [0.05, 0.1) is 0 Å². The van der Waals surface area contributed by atoms with Gasteiger partial charge in [0.2, 0.25) is 0 Å². The fraction of sp³-hybridized carbons (Fsp3) is 0.333. The lowest BCUT2D eigenvalue weighted by Crippen LogP contribution is -2.01. The summed E-state index contributed by atoms with van der Waals surface area (Å²) in [5.74, 6) is 1.39. The highest BCUT2D eigenvalue weighted by Gasteiger charge is 2.00. The summed E-state index contributed by atoms with van der Waals surface area (Å²) in [5, 5.41) is 0. The Morgan fingerprint density at radius 1 is 1.36 bits per heavy atom. The zero-order valence-corrected chi connectivity index (χ0v) is 9.35. The number of hydrogen-bond acceptors (Lipinski definition) is 1. The van der Waals surface area contributed by atoms with Crippen molar-refractivity contribution in [3.63, 3.8) is 0 Å². The van der Waals surface area contributed by atoms with Gasteiger partial charge in [0.1, 0.15) is 0 Å². The van der Waals surface area contributed by atoms with Crippen LogP contribution in [-0.4, -0.2) is 9.96 Å². The first-order valence-electron chi connectivity index (χ1n) is 4.72. The zero-order chi connectivity index (χ0) is 10.4. The Bertz CT molecular complexity index is 316. The van der Waals surface area contributed by atoms with Crippen molar-refractivity contribution in [3.8, 4) is 0 Å². The lowest BCUT2D eigenvalue weighted by atomic mass is 10.2. The van der Waals surface area contributed by atoms with Crippen LogP contribution in [0.3, 0.4) is 0 Å². The van der Waals surface area contributed by atoms with Crippen LogP contribution in [0.5, 0.6) is 0 Å². The highest BCUT2D eigenvalue weighted by atomic mass is 32.2. The summed E-state index contributed by atoms with van der Waals surface area (Å²) >= 11 is 0. The van der Waals surface area contributed by atoms with Crippen LogP contribution in [0.1, 0.15) is 18.9 Å². The smallest absolute Gasteiger partial charge is 0.0485 e. The number of benzene rings is 1. The van der Waals surface area contributed by atoms with Crippen molar-refractivity contribution in [2.24, 2.45) is 0 Å². The molecule has 0 aliphatic rings. The minimum Gasteiger partial charge on any atom is -0.259 e. The summed E-state index contributed by atoms with van der Waals surface area (Å²) in [6.07, 6.45) is 0.861. The quantitative estimate of drug-likeness (QED) is 0.680. The Labute approximate surface area is 88.3 Å². The summed E-state index contributed by atoms with van der Waals surface area (Å²) in [6, 6.07) is 9.95. The van der Waals surface area contributed by atoms with Gasteiger partial charge >= 0.3 is 0 Å². The maximum absolute atomic E-state index is 11.6. The molecule has 0 aliphatic heterocycles. The van der Waals surface area contributed by atoms with Crippen LogP contribution in [0.25, 0.3) is 0 Å². The van der Waals surface area contributed by atoms with Crippen molar-refractivity contribution in [2.75, 3.05) is 5.75 Å². The second kappa shape index (κ2) is 5.76. The first kappa shape index (κ1) is 11.2. The monoisotopic (exact) mass is 208 g/mol. The van der Waals surface area contributed by atoms with Gasteiger partial charge < -0.3 is 0 Å². The van der Waals surface area contributed by atoms with Crippen LogP contribution >= 0.6 is 0 Å². The van der Waals surface area contributed by atoms with E-state index < -0.39 is 10.8 Å². The highest BCUT2D eigenvalue weighted by Crippen LogP contribution is 2.05. The normalized spacial score (nSPS) is 12.4. The lowest BCUT2D eigenvalue weighted by Gasteiger charge is -2.01. The highest BCUT2D eigenvalue weighted by molar-refractivity contribution is 7.84. The average molecular weight is 208 g/mol. The van der Waals surface area contributed by atoms with Crippen LogP contribution < -0.4 is 0 Å². The van der Waals surface area contributed by atoms with E-state index in [0.29, 0.717) is 5.75 Å². The predicted octanol–water partition coefficient (Wildman–Crippen LogP) is 2.90. The molecule has 0 radical (unpaired) electrons. The minimum atomic E-state index is -0.752. The van der Waals surface area contributed by atoms with Crippen molar-refractivity contribution in [2.45, 2.75) is 19.1 Å². The predicted molar refractivity (Wildman–Crippen MR) is 62.6 cm³/mol. The van der Waals surface area contributed by atoms with E-state index in [1.165, 1.54) is 0 Å². The molecule has 0 fully saturated rings. The maximum Gasteiger partial charge on any atom is 0.0485 e. The third kappa shape index (κ3) is 4.38. The summed E-state index contributed by atoms with van der Waals surface area (Å²) < 4.78 is 11.6. The molecule has 1 aromatic carbocycles. The molecule has 0 spiro atoms. The maximum atomic E-state index is 11.6. The number of allylic oxidation sites excluding steroid dienone is 1. The summed E-state index contributed by atoms with van der Waals surface area (Å²) in [6.45, 7) is 5.77. The molecule has 0 bridgehead atoms. The Balaban J connectivity index is 2.38. The molecule has 1 nitrogen and oxygen atoms in total. The average Bonchev–Trinajstić information content (AvgIpc) is 2.16. The lowest BCUT2D eigenvalue weighted by molar-refractivity contribution is 0.681. The van der Waals surface area contributed by atoms with Gasteiger partial charge in [-0.05, 0) is 18.9 Å². The van der Waals surface area contributed by atoms with Crippen LogP contribution in [0, 0.1) is 0 Å². The SMILES string of the molecule is C=C(C)CCS(=O)Cc1ccccc1. The molecular formula is C12H16OS. The van der Waals surface area contributed by atoms with E-state index in [2.05, 4.69) is 6.58 Å². The summed E-state index contributed by atoms with van der Waals surface area (Å²) in [4.78, 5) is 0. The van der Waals surface area contributed by atoms with E-state index in [4.69, 9.17) is 0 Å². The molecule has 2 heteroatoms. The molecule has 0 N–H and O–H groups in total. The van der Waals surface area contributed by atoms with Crippen LogP contribution in [0.15, 0.2) is 42.5 Å². The van der Waals surface area contributed by atoms with E-state index in [-0.39, 0.29) is 0 Å². The Morgan fingerprint density at radius 2 is 2.00 bits per heavy atom. The van der Waals surface area contributed by atoms with Gasteiger partial charge in [-0.25, -0.2) is 0 Å². The summed E-state index contributed by atoms with van der Waals surface area (Å²) in [5.41, 5.74) is 2.25. The van der Waals surface area contributed by atoms with Gasteiger partial charge in [-0.1, -0.05) is 35.9 Å².